The number of rotatable bonds is 7. The van der Waals surface area contributed by atoms with Gasteiger partial charge in [-0.3, -0.25) is 9.69 Å². The van der Waals surface area contributed by atoms with Crippen LogP contribution in [0.4, 0.5) is 5.69 Å². The third kappa shape index (κ3) is 4.48. The summed E-state index contributed by atoms with van der Waals surface area (Å²) >= 11 is 0. The summed E-state index contributed by atoms with van der Waals surface area (Å²) in [4.78, 5) is 18.7. The molecule has 1 amide bonds. The SMILES string of the molecule is COc1ccc(-c2ccc3c(c2)NC(=O)C3=Cc2cc3cc(OCCN4CCCC4)ccc3[nH]2)cc1. The molecule has 3 heterocycles. The first-order chi connectivity index (χ1) is 17.7. The predicted molar refractivity (Wildman–Crippen MR) is 144 cm³/mol. The molecule has 3 aromatic carbocycles. The monoisotopic (exact) mass is 479 g/mol. The van der Waals surface area contributed by atoms with Gasteiger partial charge in [-0.25, -0.2) is 0 Å². The van der Waals surface area contributed by atoms with Crippen molar-refractivity contribution < 1.29 is 14.3 Å². The van der Waals surface area contributed by atoms with E-state index < -0.39 is 0 Å². The van der Waals surface area contributed by atoms with E-state index in [1.807, 2.05) is 60.7 Å². The zero-order valence-electron chi connectivity index (χ0n) is 20.3. The second-order valence-corrected chi connectivity index (χ2v) is 9.37. The summed E-state index contributed by atoms with van der Waals surface area (Å²) in [6, 6.07) is 22.1. The number of likely N-dealkylation sites (tertiary alicyclic amines) is 1. The minimum Gasteiger partial charge on any atom is -0.497 e. The molecule has 0 atom stereocenters. The van der Waals surface area contributed by atoms with Crippen LogP contribution >= 0.6 is 0 Å². The largest absolute Gasteiger partial charge is 0.497 e. The molecule has 2 aliphatic rings. The third-order valence-electron chi connectivity index (χ3n) is 7.01. The quantitative estimate of drug-likeness (QED) is 0.328. The number of benzene rings is 3. The fourth-order valence-corrected chi connectivity index (χ4v) is 5.06. The van der Waals surface area contributed by atoms with Crippen molar-refractivity contribution in [1.82, 2.24) is 9.88 Å². The van der Waals surface area contributed by atoms with Crippen molar-refractivity contribution in [1.29, 1.82) is 0 Å². The standard InChI is InChI=1S/C30H29N3O3/c1-35-24-7-4-20(5-8-24)21-6-10-26-27(30(34)32-29(26)18-21)19-23-16-22-17-25(9-11-28(22)31-23)36-15-14-33-12-2-3-13-33/h4-11,16-19,31H,2-3,12-15H2,1H3,(H,32,34). The van der Waals surface area contributed by atoms with E-state index in [0.717, 1.165) is 57.0 Å². The number of methoxy groups -OCH3 is 1. The lowest BCUT2D eigenvalue weighted by Gasteiger charge is -2.14. The lowest BCUT2D eigenvalue weighted by molar-refractivity contribution is -0.110. The summed E-state index contributed by atoms with van der Waals surface area (Å²) in [5, 5.41) is 4.08. The van der Waals surface area contributed by atoms with Gasteiger partial charge < -0.3 is 19.8 Å². The minimum absolute atomic E-state index is 0.0959. The number of anilines is 1. The fraction of sp³-hybridized carbons (Fsp3) is 0.233. The van der Waals surface area contributed by atoms with Gasteiger partial charge in [-0.05, 0) is 85.6 Å². The zero-order chi connectivity index (χ0) is 24.5. The number of ether oxygens (including phenoxy) is 2. The van der Waals surface area contributed by atoms with Crippen LogP contribution in [-0.4, -0.2) is 49.1 Å². The van der Waals surface area contributed by atoms with Gasteiger partial charge in [-0.1, -0.05) is 24.3 Å². The van der Waals surface area contributed by atoms with Crippen LogP contribution in [0.25, 0.3) is 33.7 Å². The van der Waals surface area contributed by atoms with Gasteiger partial charge in [0, 0.05) is 34.4 Å². The number of aromatic amines is 1. The van der Waals surface area contributed by atoms with E-state index in [1.54, 1.807) is 7.11 Å². The summed E-state index contributed by atoms with van der Waals surface area (Å²) in [7, 11) is 1.66. The van der Waals surface area contributed by atoms with Gasteiger partial charge >= 0.3 is 0 Å². The van der Waals surface area contributed by atoms with Crippen LogP contribution in [-0.2, 0) is 4.79 Å². The Morgan fingerprint density at radius 1 is 0.917 bits per heavy atom. The lowest BCUT2D eigenvalue weighted by Crippen LogP contribution is -2.25. The van der Waals surface area contributed by atoms with Gasteiger partial charge in [0.2, 0.25) is 0 Å². The first kappa shape index (κ1) is 22.4. The molecule has 0 saturated carbocycles. The third-order valence-corrected chi connectivity index (χ3v) is 7.01. The molecule has 1 saturated heterocycles. The highest BCUT2D eigenvalue weighted by Gasteiger charge is 2.24. The molecule has 6 nitrogen and oxygen atoms in total. The minimum atomic E-state index is -0.0959. The first-order valence-electron chi connectivity index (χ1n) is 12.5. The molecule has 182 valence electrons. The van der Waals surface area contributed by atoms with E-state index in [4.69, 9.17) is 9.47 Å². The van der Waals surface area contributed by atoms with E-state index >= 15 is 0 Å². The average molecular weight is 480 g/mol. The first-order valence-corrected chi connectivity index (χ1v) is 12.5. The number of fused-ring (bicyclic) bond motifs is 2. The van der Waals surface area contributed by atoms with Gasteiger partial charge in [0.25, 0.3) is 5.91 Å². The maximum atomic E-state index is 12.8. The number of carbonyl (C=O) groups excluding carboxylic acids is 1. The maximum Gasteiger partial charge on any atom is 0.256 e. The van der Waals surface area contributed by atoms with Crippen LogP contribution in [0.3, 0.4) is 0 Å². The average Bonchev–Trinajstić information content (AvgIpc) is 3.63. The van der Waals surface area contributed by atoms with Crippen molar-refractivity contribution in [2.75, 3.05) is 38.7 Å². The summed E-state index contributed by atoms with van der Waals surface area (Å²) in [6.45, 7) is 4.02. The van der Waals surface area contributed by atoms with Gasteiger partial charge in [0.15, 0.2) is 0 Å². The molecule has 0 bridgehead atoms. The number of carbonyl (C=O) groups is 1. The second kappa shape index (κ2) is 9.55. The molecule has 0 aliphatic carbocycles. The molecular weight excluding hydrogens is 450 g/mol. The van der Waals surface area contributed by atoms with E-state index in [2.05, 4.69) is 27.3 Å². The number of amides is 1. The van der Waals surface area contributed by atoms with Crippen molar-refractivity contribution in [3.63, 3.8) is 0 Å². The van der Waals surface area contributed by atoms with Crippen LogP contribution < -0.4 is 14.8 Å². The van der Waals surface area contributed by atoms with E-state index in [9.17, 15) is 4.79 Å². The van der Waals surface area contributed by atoms with Crippen LogP contribution in [0.1, 0.15) is 24.1 Å². The lowest BCUT2D eigenvalue weighted by atomic mass is 10.00. The Morgan fingerprint density at radius 2 is 1.69 bits per heavy atom. The number of hydrogen-bond acceptors (Lipinski definition) is 4. The topological polar surface area (TPSA) is 66.6 Å². The van der Waals surface area contributed by atoms with E-state index in [0.29, 0.717) is 12.2 Å². The zero-order valence-corrected chi connectivity index (χ0v) is 20.3. The second-order valence-electron chi connectivity index (χ2n) is 9.37. The predicted octanol–water partition coefficient (Wildman–Crippen LogP) is 5.81. The molecule has 0 spiro atoms. The molecule has 1 fully saturated rings. The number of aromatic nitrogens is 1. The Bertz CT molecular complexity index is 1450. The molecule has 2 aliphatic heterocycles. The molecule has 4 aromatic rings. The Kier molecular flexibility index (Phi) is 5.95. The van der Waals surface area contributed by atoms with E-state index in [1.165, 1.54) is 25.9 Å². The summed E-state index contributed by atoms with van der Waals surface area (Å²) in [6.07, 6.45) is 4.50. The van der Waals surface area contributed by atoms with Gasteiger partial charge in [0.1, 0.15) is 18.1 Å². The Morgan fingerprint density at radius 3 is 2.50 bits per heavy atom. The Labute approximate surface area is 210 Å². The highest BCUT2D eigenvalue weighted by Crippen LogP contribution is 2.37. The van der Waals surface area contributed by atoms with Crippen molar-refractivity contribution in [3.05, 3.63) is 78.0 Å². The van der Waals surface area contributed by atoms with Crippen molar-refractivity contribution in [2.45, 2.75) is 12.8 Å². The molecule has 6 heteroatoms. The molecule has 0 radical (unpaired) electrons. The molecule has 2 N–H and O–H groups in total. The molecule has 36 heavy (non-hydrogen) atoms. The van der Waals surface area contributed by atoms with Crippen LogP contribution in [0.2, 0.25) is 0 Å². The fourth-order valence-electron chi connectivity index (χ4n) is 5.06. The van der Waals surface area contributed by atoms with Gasteiger partial charge in [-0.2, -0.15) is 0 Å². The molecule has 1 aromatic heterocycles. The molecule has 6 rings (SSSR count). The maximum absolute atomic E-state index is 12.8. The van der Waals surface area contributed by atoms with Crippen LogP contribution in [0.15, 0.2) is 66.7 Å². The Hall–Kier alpha value is -4.03. The van der Waals surface area contributed by atoms with Crippen molar-refractivity contribution in [2.24, 2.45) is 0 Å². The smallest absolute Gasteiger partial charge is 0.256 e. The number of nitrogens with one attached hydrogen (secondary N) is 2. The Balaban J connectivity index is 1.21. The number of hydrogen-bond donors (Lipinski definition) is 2. The van der Waals surface area contributed by atoms with Crippen LogP contribution in [0, 0.1) is 0 Å². The summed E-state index contributed by atoms with van der Waals surface area (Å²) in [5.74, 6) is 1.59. The normalized spacial score (nSPS) is 16.5. The molecular formula is C30H29N3O3. The van der Waals surface area contributed by atoms with Crippen LogP contribution in [0.5, 0.6) is 11.5 Å². The summed E-state index contributed by atoms with van der Waals surface area (Å²) in [5.41, 5.74) is 6.39. The molecule has 0 unspecified atom stereocenters. The number of H-pyrrole nitrogens is 1. The highest BCUT2D eigenvalue weighted by atomic mass is 16.5. The van der Waals surface area contributed by atoms with Gasteiger partial charge in [0.05, 0.1) is 12.7 Å². The van der Waals surface area contributed by atoms with Crippen molar-refractivity contribution in [3.8, 4) is 22.6 Å². The number of nitrogens with zero attached hydrogens (tertiary/aromatic N) is 1. The summed E-state index contributed by atoms with van der Waals surface area (Å²) < 4.78 is 11.3. The van der Waals surface area contributed by atoms with E-state index in [-0.39, 0.29) is 5.91 Å². The van der Waals surface area contributed by atoms with Gasteiger partial charge in [-0.15, -0.1) is 0 Å². The highest BCUT2D eigenvalue weighted by molar-refractivity contribution is 6.35. The van der Waals surface area contributed by atoms with Crippen molar-refractivity contribution >= 4 is 34.1 Å².